The second-order valence-electron chi connectivity index (χ2n) is 4.98. The number of hydrogen-bond acceptors (Lipinski definition) is 2. The lowest BCUT2D eigenvalue weighted by Gasteiger charge is -2.12. The molecule has 2 rings (SSSR count). The van der Waals surface area contributed by atoms with Crippen LogP contribution in [0.1, 0.15) is 37.3 Å². The van der Waals surface area contributed by atoms with Crippen LogP contribution < -0.4 is 9.47 Å². The van der Waals surface area contributed by atoms with Gasteiger partial charge < -0.3 is 9.47 Å². The maximum atomic E-state index is 5.82. The summed E-state index contributed by atoms with van der Waals surface area (Å²) in [7, 11) is 1.68. The van der Waals surface area contributed by atoms with Crippen molar-refractivity contribution in [1.29, 1.82) is 0 Å². The van der Waals surface area contributed by atoms with Gasteiger partial charge in [-0.3, -0.25) is 0 Å². The highest BCUT2D eigenvalue weighted by Gasteiger charge is 2.05. The average Bonchev–Trinajstić information content (AvgIpc) is 2.53. The second-order valence-corrected chi connectivity index (χ2v) is 4.98. The summed E-state index contributed by atoms with van der Waals surface area (Å²) in [5, 5.41) is 0. The molecule has 0 aromatic heterocycles. The Bertz CT molecular complexity index is 531. The van der Waals surface area contributed by atoms with Gasteiger partial charge in [0.15, 0.2) is 0 Å². The zero-order valence-electron chi connectivity index (χ0n) is 12.4. The third kappa shape index (κ3) is 3.53. The highest BCUT2D eigenvalue weighted by Crippen LogP contribution is 2.23. The summed E-state index contributed by atoms with van der Waals surface area (Å²) in [6.07, 6.45) is 1.15. The standard InChI is InChI=1S/C18H22O2/c1-4-14(2)15-9-11-17(12-10-15)20-13-16-7-5-6-8-18(16)19-3/h5-12,14H,4,13H2,1-3H3. The van der Waals surface area contributed by atoms with Gasteiger partial charge in [-0.15, -0.1) is 0 Å². The van der Waals surface area contributed by atoms with Crippen molar-refractivity contribution in [2.24, 2.45) is 0 Å². The minimum atomic E-state index is 0.521. The van der Waals surface area contributed by atoms with Crippen LogP contribution in [0.4, 0.5) is 0 Å². The van der Waals surface area contributed by atoms with Crippen molar-refractivity contribution in [2.75, 3.05) is 7.11 Å². The van der Waals surface area contributed by atoms with E-state index in [1.165, 1.54) is 5.56 Å². The predicted octanol–water partition coefficient (Wildman–Crippen LogP) is 4.79. The van der Waals surface area contributed by atoms with Crippen LogP contribution in [-0.4, -0.2) is 7.11 Å². The van der Waals surface area contributed by atoms with Gasteiger partial charge in [-0.05, 0) is 36.1 Å². The third-order valence-corrected chi connectivity index (χ3v) is 3.65. The monoisotopic (exact) mass is 270 g/mol. The zero-order chi connectivity index (χ0) is 14.4. The largest absolute Gasteiger partial charge is 0.496 e. The number of ether oxygens (including phenoxy) is 2. The summed E-state index contributed by atoms with van der Waals surface area (Å²) in [6.45, 7) is 4.97. The Balaban J connectivity index is 2.00. The van der Waals surface area contributed by atoms with Crippen molar-refractivity contribution in [3.05, 3.63) is 59.7 Å². The molecule has 2 aromatic rings. The number of rotatable bonds is 6. The molecule has 0 saturated heterocycles. The molecule has 0 fully saturated rings. The molecule has 2 heteroatoms. The van der Waals surface area contributed by atoms with E-state index in [0.29, 0.717) is 12.5 Å². The Morgan fingerprint density at radius 2 is 1.70 bits per heavy atom. The Labute approximate surface area is 121 Å². The van der Waals surface area contributed by atoms with Crippen LogP contribution in [0.25, 0.3) is 0 Å². The van der Waals surface area contributed by atoms with Crippen LogP contribution in [0.2, 0.25) is 0 Å². The van der Waals surface area contributed by atoms with Crippen LogP contribution in [0.3, 0.4) is 0 Å². The van der Waals surface area contributed by atoms with Crippen LogP contribution in [0, 0.1) is 0 Å². The molecule has 0 N–H and O–H groups in total. The van der Waals surface area contributed by atoms with E-state index in [0.717, 1.165) is 23.5 Å². The van der Waals surface area contributed by atoms with Gasteiger partial charge in [0, 0.05) is 5.56 Å². The highest BCUT2D eigenvalue weighted by molar-refractivity contribution is 5.34. The van der Waals surface area contributed by atoms with E-state index in [1.54, 1.807) is 7.11 Å². The first kappa shape index (κ1) is 14.4. The maximum absolute atomic E-state index is 5.82. The predicted molar refractivity (Wildman–Crippen MR) is 82.5 cm³/mol. The molecule has 20 heavy (non-hydrogen) atoms. The minimum Gasteiger partial charge on any atom is -0.496 e. The van der Waals surface area contributed by atoms with E-state index in [9.17, 15) is 0 Å². The maximum Gasteiger partial charge on any atom is 0.125 e. The summed E-state index contributed by atoms with van der Waals surface area (Å²) in [5.74, 6) is 2.35. The van der Waals surface area contributed by atoms with Crippen molar-refractivity contribution in [1.82, 2.24) is 0 Å². The van der Waals surface area contributed by atoms with Gasteiger partial charge in [0.1, 0.15) is 18.1 Å². The molecule has 0 aliphatic heterocycles. The molecule has 106 valence electrons. The van der Waals surface area contributed by atoms with Gasteiger partial charge >= 0.3 is 0 Å². The summed E-state index contributed by atoms with van der Waals surface area (Å²) in [6, 6.07) is 16.3. The Morgan fingerprint density at radius 3 is 2.35 bits per heavy atom. The van der Waals surface area contributed by atoms with Crippen LogP contribution in [-0.2, 0) is 6.61 Å². The van der Waals surface area contributed by atoms with Crippen molar-refractivity contribution in [2.45, 2.75) is 32.8 Å². The van der Waals surface area contributed by atoms with Crippen molar-refractivity contribution >= 4 is 0 Å². The molecule has 0 radical (unpaired) electrons. The van der Waals surface area contributed by atoms with Gasteiger partial charge in [0.05, 0.1) is 7.11 Å². The molecular formula is C18H22O2. The van der Waals surface area contributed by atoms with E-state index in [4.69, 9.17) is 9.47 Å². The number of hydrogen-bond donors (Lipinski definition) is 0. The molecule has 0 heterocycles. The quantitative estimate of drug-likeness (QED) is 0.751. The van der Waals surface area contributed by atoms with Gasteiger partial charge in [0.2, 0.25) is 0 Å². The lowest BCUT2D eigenvalue weighted by Crippen LogP contribution is -1.99. The molecule has 0 amide bonds. The van der Waals surface area contributed by atoms with Gasteiger partial charge in [0.25, 0.3) is 0 Å². The normalized spacial score (nSPS) is 11.9. The highest BCUT2D eigenvalue weighted by atomic mass is 16.5. The first-order valence-electron chi connectivity index (χ1n) is 7.09. The molecule has 2 aromatic carbocycles. The van der Waals surface area contributed by atoms with E-state index < -0.39 is 0 Å². The SMILES string of the molecule is CCC(C)c1ccc(OCc2ccccc2OC)cc1. The zero-order valence-corrected chi connectivity index (χ0v) is 12.4. The molecule has 1 unspecified atom stereocenters. The molecule has 0 bridgehead atoms. The van der Waals surface area contributed by atoms with Crippen molar-refractivity contribution in [3.8, 4) is 11.5 Å². The molecular weight excluding hydrogens is 248 g/mol. The Hall–Kier alpha value is -1.96. The van der Waals surface area contributed by atoms with E-state index in [1.807, 2.05) is 36.4 Å². The van der Waals surface area contributed by atoms with Crippen LogP contribution in [0.15, 0.2) is 48.5 Å². The fourth-order valence-corrected chi connectivity index (χ4v) is 2.11. The first-order chi connectivity index (χ1) is 9.74. The van der Waals surface area contributed by atoms with Gasteiger partial charge in [-0.25, -0.2) is 0 Å². The third-order valence-electron chi connectivity index (χ3n) is 3.65. The minimum absolute atomic E-state index is 0.521. The molecule has 0 saturated carbocycles. The first-order valence-corrected chi connectivity index (χ1v) is 7.09. The van der Waals surface area contributed by atoms with Crippen molar-refractivity contribution in [3.63, 3.8) is 0 Å². The van der Waals surface area contributed by atoms with Gasteiger partial charge in [-0.1, -0.05) is 44.2 Å². The lowest BCUT2D eigenvalue weighted by atomic mass is 9.99. The Morgan fingerprint density at radius 1 is 1.00 bits per heavy atom. The second kappa shape index (κ2) is 6.99. The number of para-hydroxylation sites is 1. The fraction of sp³-hybridized carbons (Fsp3) is 0.333. The summed E-state index contributed by atoms with van der Waals surface area (Å²) in [5.41, 5.74) is 2.41. The summed E-state index contributed by atoms with van der Waals surface area (Å²) in [4.78, 5) is 0. The number of methoxy groups -OCH3 is 1. The van der Waals surface area contributed by atoms with E-state index in [-0.39, 0.29) is 0 Å². The average molecular weight is 270 g/mol. The number of benzene rings is 2. The summed E-state index contributed by atoms with van der Waals surface area (Å²) < 4.78 is 11.1. The molecule has 1 atom stereocenters. The fourth-order valence-electron chi connectivity index (χ4n) is 2.11. The lowest BCUT2D eigenvalue weighted by molar-refractivity contribution is 0.296. The smallest absolute Gasteiger partial charge is 0.125 e. The molecule has 0 spiro atoms. The van der Waals surface area contributed by atoms with E-state index >= 15 is 0 Å². The molecule has 2 nitrogen and oxygen atoms in total. The topological polar surface area (TPSA) is 18.5 Å². The van der Waals surface area contributed by atoms with E-state index in [2.05, 4.69) is 26.0 Å². The van der Waals surface area contributed by atoms with Crippen molar-refractivity contribution < 1.29 is 9.47 Å². The Kier molecular flexibility index (Phi) is 5.05. The van der Waals surface area contributed by atoms with Crippen LogP contribution >= 0.6 is 0 Å². The van der Waals surface area contributed by atoms with Gasteiger partial charge in [-0.2, -0.15) is 0 Å². The molecule has 0 aliphatic rings. The summed E-state index contributed by atoms with van der Waals surface area (Å²) >= 11 is 0. The molecule has 0 aliphatic carbocycles. The van der Waals surface area contributed by atoms with Crippen LogP contribution in [0.5, 0.6) is 11.5 Å².